The van der Waals surface area contributed by atoms with Gasteiger partial charge in [-0.1, -0.05) is 15.9 Å². The van der Waals surface area contributed by atoms with E-state index < -0.39 is 0 Å². The van der Waals surface area contributed by atoms with Crippen LogP contribution < -0.4 is 4.90 Å². The molecule has 0 saturated carbocycles. The fourth-order valence-electron chi connectivity index (χ4n) is 1.91. The van der Waals surface area contributed by atoms with Crippen molar-refractivity contribution in [3.63, 3.8) is 0 Å². The number of rotatable bonds is 0. The van der Waals surface area contributed by atoms with Gasteiger partial charge < -0.3 is 4.90 Å². The van der Waals surface area contributed by atoms with E-state index in [1.807, 2.05) is 6.07 Å². The molecule has 3 nitrogen and oxygen atoms in total. The van der Waals surface area contributed by atoms with Crippen LogP contribution in [0.2, 0.25) is 0 Å². The van der Waals surface area contributed by atoms with Crippen LogP contribution >= 0.6 is 15.9 Å². The lowest BCUT2D eigenvalue weighted by Gasteiger charge is -2.15. The Hall–Kier alpha value is -1.34. The molecular weight excluding hydrogens is 256 g/mol. The highest BCUT2D eigenvalue weighted by molar-refractivity contribution is 9.10. The number of amides is 1. The Morgan fingerprint density at radius 2 is 2.33 bits per heavy atom. The molecule has 0 fully saturated rings. The number of carbonyl (C=O) groups is 1. The van der Waals surface area contributed by atoms with Crippen molar-refractivity contribution >= 4 is 27.5 Å². The molecule has 0 atom stereocenters. The second-order valence-electron chi connectivity index (χ2n) is 3.49. The summed E-state index contributed by atoms with van der Waals surface area (Å²) in [6.07, 6.45) is 0.822. The van der Waals surface area contributed by atoms with Crippen LogP contribution in [0.15, 0.2) is 16.6 Å². The van der Waals surface area contributed by atoms with Crippen LogP contribution in [0.1, 0.15) is 18.1 Å². The first-order chi connectivity index (χ1) is 7.13. The molecule has 1 heterocycles. The number of nitrogens with zero attached hydrogens (tertiary/aromatic N) is 2. The van der Waals surface area contributed by atoms with Crippen molar-refractivity contribution in [2.24, 2.45) is 0 Å². The Labute approximate surface area is 96.4 Å². The van der Waals surface area contributed by atoms with Gasteiger partial charge in [0.2, 0.25) is 5.91 Å². The van der Waals surface area contributed by atoms with Crippen LogP contribution in [0.3, 0.4) is 0 Å². The van der Waals surface area contributed by atoms with Crippen LogP contribution in [-0.2, 0) is 11.2 Å². The molecular formula is C11H9BrN2O. The van der Waals surface area contributed by atoms with Crippen molar-refractivity contribution in [2.75, 3.05) is 11.4 Å². The van der Waals surface area contributed by atoms with Gasteiger partial charge >= 0.3 is 0 Å². The van der Waals surface area contributed by atoms with E-state index in [-0.39, 0.29) is 5.91 Å². The van der Waals surface area contributed by atoms with Gasteiger partial charge in [0.25, 0.3) is 0 Å². The predicted octanol–water partition coefficient (Wildman–Crippen LogP) is 2.23. The third-order valence-electron chi connectivity index (χ3n) is 2.53. The van der Waals surface area contributed by atoms with Crippen LogP contribution in [0.5, 0.6) is 0 Å². The second kappa shape index (κ2) is 3.67. The lowest BCUT2D eigenvalue weighted by Crippen LogP contribution is -2.26. The Bertz CT molecular complexity index is 476. The molecule has 4 heteroatoms. The minimum atomic E-state index is -0.00688. The summed E-state index contributed by atoms with van der Waals surface area (Å²) in [5.74, 6) is -0.00688. The van der Waals surface area contributed by atoms with E-state index >= 15 is 0 Å². The summed E-state index contributed by atoms with van der Waals surface area (Å²) in [7, 11) is 0. The standard InChI is InChI=1S/C11H9BrN2O/c1-7(15)14-3-2-8-4-10(12)5-9(6-13)11(8)14/h4-5H,2-3H2,1H3. The van der Waals surface area contributed by atoms with Gasteiger partial charge in [0.15, 0.2) is 0 Å². The van der Waals surface area contributed by atoms with Crippen LogP contribution in [-0.4, -0.2) is 12.5 Å². The summed E-state index contributed by atoms with van der Waals surface area (Å²) >= 11 is 3.36. The van der Waals surface area contributed by atoms with Crippen molar-refractivity contribution in [1.29, 1.82) is 5.26 Å². The maximum Gasteiger partial charge on any atom is 0.223 e. The first kappa shape index (κ1) is 10.2. The molecule has 0 saturated heterocycles. The quantitative estimate of drug-likeness (QED) is 0.722. The van der Waals surface area contributed by atoms with Crippen LogP contribution in [0, 0.1) is 11.3 Å². The molecule has 76 valence electrons. The maximum atomic E-state index is 11.4. The zero-order valence-electron chi connectivity index (χ0n) is 8.25. The van der Waals surface area contributed by atoms with Crippen molar-refractivity contribution in [2.45, 2.75) is 13.3 Å². The zero-order chi connectivity index (χ0) is 11.0. The highest BCUT2D eigenvalue weighted by atomic mass is 79.9. The molecule has 0 aromatic heterocycles. The summed E-state index contributed by atoms with van der Waals surface area (Å²) in [4.78, 5) is 13.0. The van der Waals surface area contributed by atoms with Crippen molar-refractivity contribution in [3.05, 3.63) is 27.7 Å². The molecule has 0 spiro atoms. The Kier molecular flexibility index (Phi) is 2.49. The molecule has 0 bridgehead atoms. The van der Waals surface area contributed by atoms with Gasteiger partial charge in [-0.25, -0.2) is 0 Å². The highest BCUT2D eigenvalue weighted by Gasteiger charge is 2.25. The molecule has 2 rings (SSSR count). The smallest absolute Gasteiger partial charge is 0.223 e. The minimum Gasteiger partial charge on any atom is -0.311 e. The summed E-state index contributed by atoms with van der Waals surface area (Å²) in [6.45, 7) is 2.20. The van der Waals surface area contributed by atoms with E-state index in [4.69, 9.17) is 5.26 Å². The maximum absolute atomic E-state index is 11.4. The number of fused-ring (bicyclic) bond motifs is 1. The zero-order valence-corrected chi connectivity index (χ0v) is 9.84. The number of benzene rings is 1. The normalized spacial score (nSPS) is 13.5. The molecule has 15 heavy (non-hydrogen) atoms. The van der Waals surface area contributed by atoms with E-state index in [1.54, 1.807) is 11.0 Å². The minimum absolute atomic E-state index is 0.00688. The highest BCUT2D eigenvalue weighted by Crippen LogP contribution is 2.34. The van der Waals surface area contributed by atoms with Gasteiger partial charge in [0.1, 0.15) is 6.07 Å². The second-order valence-corrected chi connectivity index (χ2v) is 4.41. The third kappa shape index (κ3) is 1.64. The topological polar surface area (TPSA) is 44.1 Å². The van der Waals surface area contributed by atoms with E-state index in [9.17, 15) is 4.79 Å². The lowest BCUT2D eigenvalue weighted by atomic mass is 10.1. The fraction of sp³-hybridized carbons (Fsp3) is 0.273. The summed E-state index contributed by atoms with van der Waals surface area (Å²) in [5.41, 5.74) is 2.41. The van der Waals surface area contributed by atoms with E-state index in [2.05, 4.69) is 22.0 Å². The number of hydrogen-bond donors (Lipinski definition) is 0. The van der Waals surface area contributed by atoms with Gasteiger partial charge in [-0.2, -0.15) is 5.26 Å². The molecule has 1 aromatic rings. The monoisotopic (exact) mass is 264 g/mol. The molecule has 1 aromatic carbocycles. The molecule has 0 aliphatic carbocycles. The van der Waals surface area contributed by atoms with Gasteiger partial charge in [-0.15, -0.1) is 0 Å². The summed E-state index contributed by atoms with van der Waals surface area (Å²) in [5, 5.41) is 9.02. The van der Waals surface area contributed by atoms with Crippen molar-refractivity contribution < 1.29 is 4.79 Å². The van der Waals surface area contributed by atoms with Gasteiger partial charge in [0.05, 0.1) is 11.3 Å². The Morgan fingerprint density at radius 1 is 1.60 bits per heavy atom. The summed E-state index contributed by atoms with van der Waals surface area (Å²) in [6, 6.07) is 5.85. The van der Waals surface area contributed by atoms with E-state index in [0.29, 0.717) is 12.1 Å². The molecule has 0 N–H and O–H groups in total. The summed E-state index contributed by atoms with van der Waals surface area (Å²) < 4.78 is 0.892. The first-order valence-electron chi connectivity index (χ1n) is 4.64. The van der Waals surface area contributed by atoms with Crippen molar-refractivity contribution in [1.82, 2.24) is 0 Å². The average Bonchev–Trinajstić information content (AvgIpc) is 2.59. The van der Waals surface area contributed by atoms with Crippen LogP contribution in [0.4, 0.5) is 5.69 Å². The van der Waals surface area contributed by atoms with Gasteiger partial charge in [-0.05, 0) is 24.1 Å². The number of anilines is 1. The SMILES string of the molecule is CC(=O)N1CCc2cc(Br)cc(C#N)c21. The van der Waals surface area contributed by atoms with E-state index in [1.165, 1.54) is 6.92 Å². The molecule has 1 amide bonds. The Balaban J connectivity index is 2.62. The Morgan fingerprint density at radius 3 is 2.93 bits per heavy atom. The van der Waals surface area contributed by atoms with Gasteiger partial charge in [-0.3, -0.25) is 4.79 Å². The largest absolute Gasteiger partial charge is 0.311 e. The average molecular weight is 265 g/mol. The number of carbonyl (C=O) groups excluding carboxylic acids is 1. The number of nitriles is 1. The molecule has 0 unspecified atom stereocenters. The van der Waals surface area contributed by atoms with Crippen molar-refractivity contribution in [3.8, 4) is 6.07 Å². The third-order valence-corrected chi connectivity index (χ3v) is 2.99. The predicted molar refractivity (Wildman–Crippen MR) is 60.6 cm³/mol. The van der Waals surface area contributed by atoms with E-state index in [0.717, 1.165) is 22.1 Å². The van der Waals surface area contributed by atoms with Gasteiger partial charge in [0, 0.05) is 17.9 Å². The molecule has 1 aliphatic rings. The lowest BCUT2D eigenvalue weighted by molar-refractivity contribution is -0.116. The fourth-order valence-corrected chi connectivity index (χ4v) is 2.41. The molecule has 1 aliphatic heterocycles. The number of halogens is 1. The first-order valence-corrected chi connectivity index (χ1v) is 5.43. The molecule has 0 radical (unpaired) electrons. The number of hydrogen-bond acceptors (Lipinski definition) is 2. The van der Waals surface area contributed by atoms with Crippen LogP contribution in [0.25, 0.3) is 0 Å².